The monoisotopic (exact) mass is 668 g/mol. The number of hydrogen-bond donors (Lipinski definition) is 3. The summed E-state index contributed by atoms with van der Waals surface area (Å²) in [4.78, 5) is 14.4. The Morgan fingerprint density at radius 3 is 2.20 bits per heavy atom. The number of amides is 1. The molecule has 0 bridgehead atoms. The van der Waals surface area contributed by atoms with Crippen LogP contribution in [0, 0.1) is 17.3 Å². The third-order valence-corrected chi connectivity index (χ3v) is 9.04. The van der Waals surface area contributed by atoms with Gasteiger partial charge < -0.3 is 20.9 Å². The van der Waals surface area contributed by atoms with Gasteiger partial charge in [-0.1, -0.05) is 43.5 Å². The number of halogens is 7. The number of rotatable bonds is 12. The predicted octanol–water partition coefficient (Wildman–Crippen LogP) is 9.02. The molecule has 3 N–H and O–H groups in total. The van der Waals surface area contributed by atoms with Gasteiger partial charge in [0.2, 0.25) is 5.91 Å². The van der Waals surface area contributed by atoms with E-state index in [-0.39, 0.29) is 32.5 Å². The van der Waals surface area contributed by atoms with Crippen molar-refractivity contribution in [1.82, 2.24) is 10.6 Å². The summed E-state index contributed by atoms with van der Waals surface area (Å²) < 4.78 is 80.0. The van der Waals surface area contributed by atoms with Crippen LogP contribution in [-0.2, 0) is 11.3 Å². The van der Waals surface area contributed by atoms with Crippen molar-refractivity contribution in [1.29, 1.82) is 0 Å². The number of nitrogens with zero attached hydrogens (tertiary/aromatic N) is 1. The van der Waals surface area contributed by atoms with E-state index in [0.717, 1.165) is 44.5 Å². The Labute approximate surface area is 270 Å². The number of carbonyl (C=O) groups excluding carboxylic acids is 1. The zero-order chi connectivity index (χ0) is 34.0. The summed E-state index contributed by atoms with van der Waals surface area (Å²) >= 11 is 6.57. The zero-order valence-electron chi connectivity index (χ0n) is 25.9. The largest absolute Gasteiger partial charge is 0.402 e. The van der Waals surface area contributed by atoms with E-state index in [1.54, 1.807) is 18.2 Å². The van der Waals surface area contributed by atoms with Crippen LogP contribution in [0.1, 0.15) is 61.8 Å². The lowest BCUT2D eigenvalue weighted by atomic mass is 9.91. The maximum absolute atomic E-state index is 13.4. The van der Waals surface area contributed by atoms with Crippen molar-refractivity contribution in [3.05, 3.63) is 77.3 Å². The molecule has 1 aliphatic heterocycles. The number of hydrogen-bond acceptors (Lipinski definition) is 4. The molecule has 46 heavy (non-hydrogen) atoms. The molecule has 1 amide bonds. The molecule has 0 unspecified atom stereocenters. The first-order valence-corrected chi connectivity index (χ1v) is 15.5. The van der Waals surface area contributed by atoms with Crippen LogP contribution in [0.15, 0.2) is 50.1 Å². The van der Waals surface area contributed by atoms with E-state index in [2.05, 4.69) is 35.7 Å². The van der Waals surface area contributed by atoms with Crippen molar-refractivity contribution in [3.8, 4) is 0 Å². The first-order valence-electron chi connectivity index (χ1n) is 15.1. The van der Waals surface area contributed by atoms with Crippen LogP contribution < -0.4 is 20.9 Å². The highest BCUT2D eigenvalue weighted by Crippen LogP contribution is 2.40. The summed E-state index contributed by atoms with van der Waals surface area (Å²) in [6.45, 7) is 14.9. The van der Waals surface area contributed by atoms with Crippen LogP contribution >= 0.6 is 11.6 Å². The topological polar surface area (TPSA) is 56.4 Å². The van der Waals surface area contributed by atoms with E-state index in [9.17, 15) is 31.1 Å². The minimum Gasteiger partial charge on any atom is -0.385 e. The molecule has 2 aromatic carbocycles. The Morgan fingerprint density at radius 2 is 1.63 bits per heavy atom. The third-order valence-electron chi connectivity index (χ3n) is 8.72. The van der Waals surface area contributed by atoms with Crippen molar-refractivity contribution >= 4 is 46.4 Å². The summed E-state index contributed by atoms with van der Waals surface area (Å²) in [5.74, 6) is -1.93. The molecule has 2 fully saturated rings. The van der Waals surface area contributed by atoms with Crippen LogP contribution in [0.5, 0.6) is 0 Å². The van der Waals surface area contributed by atoms with E-state index < -0.39 is 29.6 Å². The molecular weight excluding hydrogens is 630 g/mol. The minimum absolute atomic E-state index is 0.00898. The van der Waals surface area contributed by atoms with Gasteiger partial charge in [-0.2, -0.15) is 26.3 Å². The van der Waals surface area contributed by atoms with Gasteiger partial charge in [0.15, 0.2) is 0 Å². The fourth-order valence-corrected chi connectivity index (χ4v) is 5.63. The van der Waals surface area contributed by atoms with Gasteiger partial charge in [0, 0.05) is 60.1 Å². The van der Waals surface area contributed by atoms with Gasteiger partial charge in [-0.15, -0.1) is 0 Å². The SMILES string of the molecule is C=Cc1c(CNC(=O)C(C)(C)C(F)(F)F)ccc(Cl)c1C(=C)Nc1ccc(N2CCC(C(F)(F)F)CC2)c(C(=C)NCC2CC2)c1. The van der Waals surface area contributed by atoms with Crippen molar-refractivity contribution in [2.75, 3.05) is 29.9 Å². The molecule has 0 aromatic heterocycles. The van der Waals surface area contributed by atoms with Gasteiger partial charge in [0.25, 0.3) is 0 Å². The number of benzene rings is 2. The van der Waals surface area contributed by atoms with Crippen LogP contribution in [0.3, 0.4) is 0 Å². The average Bonchev–Trinajstić information content (AvgIpc) is 3.82. The normalized spacial score (nSPS) is 16.2. The summed E-state index contributed by atoms with van der Waals surface area (Å²) in [6.07, 6.45) is -5.16. The lowest BCUT2D eigenvalue weighted by molar-refractivity contribution is -0.211. The van der Waals surface area contributed by atoms with E-state index >= 15 is 0 Å². The van der Waals surface area contributed by atoms with Gasteiger partial charge in [-0.3, -0.25) is 4.79 Å². The van der Waals surface area contributed by atoms with Gasteiger partial charge >= 0.3 is 12.4 Å². The van der Waals surface area contributed by atoms with E-state index in [0.29, 0.717) is 44.7 Å². The first kappa shape index (κ1) is 35.3. The number of carbonyl (C=O) groups is 1. The number of anilines is 2. The molecule has 12 heteroatoms. The van der Waals surface area contributed by atoms with E-state index in [1.807, 2.05) is 17.0 Å². The summed E-state index contributed by atoms with van der Waals surface area (Å²) in [5, 5.41) is 9.28. The smallest absolute Gasteiger partial charge is 0.385 e. The second-order valence-electron chi connectivity index (χ2n) is 12.4. The lowest BCUT2D eigenvalue weighted by Gasteiger charge is -2.36. The van der Waals surface area contributed by atoms with E-state index in [4.69, 9.17) is 11.6 Å². The highest BCUT2D eigenvalue weighted by atomic mass is 35.5. The molecule has 0 atom stereocenters. The van der Waals surface area contributed by atoms with Crippen molar-refractivity contribution in [2.45, 2.75) is 58.4 Å². The molecule has 1 saturated heterocycles. The zero-order valence-corrected chi connectivity index (χ0v) is 26.7. The molecule has 1 heterocycles. The Bertz CT molecular complexity index is 1490. The number of piperidine rings is 1. The molecule has 2 aromatic rings. The molecule has 250 valence electrons. The third kappa shape index (κ3) is 8.03. The van der Waals surface area contributed by atoms with Crippen molar-refractivity contribution in [2.24, 2.45) is 17.3 Å². The lowest BCUT2D eigenvalue weighted by Crippen LogP contribution is -2.46. The molecule has 1 saturated carbocycles. The summed E-state index contributed by atoms with van der Waals surface area (Å²) in [6, 6.07) is 8.65. The molecule has 5 nitrogen and oxygen atoms in total. The van der Waals surface area contributed by atoms with Gasteiger partial charge in [-0.05, 0) is 80.8 Å². The molecule has 4 rings (SSSR count). The molecule has 0 spiro atoms. The minimum atomic E-state index is -4.73. The summed E-state index contributed by atoms with van der Waals surface area (Å²) in [7, 11) is 0. The van der Waals surface area contributed by atoms with Crippen LogP contribution in [0.4, 0.5) is 37.7 Å². The predicted molar refractivity (Wildman–Crippen MR) is 173 cm³/mol. The average molecular weight is 669 g/mol. The van der Waals surface area contributed by atoms with Crippen LogP contribution in [0.2, 0.25) is 5.02 Å². The molecule has 1 aliphatic carbocycles. The number of nitrogens with one attached hydrogen (secondary N) is 3. The molecule has 0 radical (unpaired) electrons. The Balaban J connectivity index is 1.57. The van der Waals surface area contributed by atoms with Crippen LogP contribution in [-0.4, -0.2) is 37.9 Å². The van der Waals surface area contributed by atoms with Crippen molar-refractivity contribution in [3.63, 3.8) is 0 Å². The van der Waals surface area contributed by atoms with Crippen LogP contribution in [0.25, 0.3) is 17.5 Å². The van der Waals surface area contributed by atoms with E-state index in [1.165, 1.54) is 6.08 Å². The summed E-state index contributed by atoms with van der Waals surface area (Å²) in [5.41, 5.74) is 1.97. The maximum atomic E-state index is 13.4. The van der Waals surface area contributed by atoms with Crippen molar-refractivity contribution < 1.29 is 31.1 Å². The maximum Gasteiger partial charge on any atom is 0.402 e. The molecule has 2 aliphatic rings. The fraction of sp³-hybridized carbons (Fsp3) is 0.441. The second-order valence-corrected chi connectivity index (χ2v) is 12.9. The standard InChI is InChI=1S/C34H39ClF6N4O/c1-6-26-23(19-43-31(46)32(4,5)34(39,40)41)9-11-28(35)30(26)21(3)44-25-10-12-29(27(17-25)20(2)42-18-22-7-8-22)45-15-13-24(14-16-45)33(36,37)38/h6,9-12,17,22,24,42,44H,1-3,7-8,13-16,18-19H2,4-5H3,(H,43,46). The highest BCUT2D eigenvalue weighted by Gasteiger charge is 2.52. The Hall–Kier alpha value is -3.60. The molecular formula is C34H39ClF6N4O. The highest BCUT2D eigenvalue weighted by molar-refractivity contribution is 6.32. The number of alkyl halides is 6. The van der Waals surface area contributed by atoms with Gasteiger partial charge in [-0.25, -0.2) is 0 Å². The fourth-order valence-electron chi connectivity index (χ4n) is 5.36. The Kier molecular flexibility index (Phi) is 10.4. The van der Waals surface area contributed by atoms with Gasteiger partial charge in [0.1, 0.15) is 5.41 Å². The quantitative estimate of drug-likeness (QED) is 0.198. The first-order chi connectivity index (χ1) is 21.4. The Morgan fingerprint density at radius 1 is 0.978 bits per heavy atom. The second kappa shape index (κ2) is 13.6. The van der Waals surface area contributed by atoms with Gasteiger partial charge in [0.05, 0.1) is 10.9 Å².